The highest BCUT2D eigenvalue weighted by atomic mass is 16.1. The Kier molecular flexibility index (Phi) is 5.07. The predicted octanol–water partition coefficient (Wildman–Crippen LogP) is 1.51. The van der Waals surface area contributed by atoms with Gasteiger partial charge in [0.1, 0.15) is 11.6 Å². The zero-order valence-electron chi connectivity index (χ0n) is 11.8. The lowest BCUT2D eigenvalue weighted by molar-refractivity contribution is -0.121. The monoisotopic (exact) mass is 250 g/mol. The van der Waals surface area contributed by atoms with Crippen LogP contribution in [0.1, 0.15) is 31.8 Å². The number of hydrogen-bond acceptors (Lipinski definition) is 4. The van der Waals surface area contributed by atoms with E-state index in [2.05, 4.69) is 15.3 Å². The van der Waals surface area contributed by atoms with Gasteiger partial charge < -0.3 is 10.2 Å². The van der Waals surface area contributed by atoms with Gasteiger partial charge in [-0.25, -0.2) is 9.97 Å². The van der Waals surface area contributed by atoms with E-state index >= 15 is 0 Å². The lowest BCUT2D eigenvalue weighted by Crippen LogP contribution is -2.25. The van der Waals surface area contributed by atoms with E-state index in [9.17, 15) is 4.79 Å². The molecule has 0 aromatic carbocycles. The molecule has 0 atom stereocenters. The Labute approximate surface area is 109 Å². The van der Waals surface area contributed by atoms with Crippen LogP contribution in [0.15, 0.2) is 6.07 Å². The number of amides is 1. The zero-order valence-corrected chi connectivity index (χ0v) is 11.8. The predicted molar refractivity (Wildman–Crippen MR) is 72.4 cm³/mol. The van der Waals surface area contributed by atoms with Gasteiger partial charge in [-0.15, -0.1) is 0 Å². The molecular formula is C13H22N4O. The van der Waals surface area contributed by atoms with E-state index in [0.717, 1.165) is 11.5 Å². The minimum Gasteiger partial charge on any atom is -0.363 e. The Morgan fingerprint density at radius 2 is 2.06 bits per heavy atom. The third-order valence-electron chi connectivity index (χ3n) is 2.38. The summed E-state index contributed by atoms with van der Waals surface area (Å²) in [6.07, 6.45) is 0.534. The van der Waals surface area contributed by atoms with Gasteiger partial charge >= 0.3 is 0 Å². The van der Waals surface area contributed by atoms with Crippen molar-refractivity contribution in [2.75, 3.05) is 19.0 Å². The van der Waals surface area contributed by atoms with Crippen molar-refractivity contribution in [2.24, 2.45) is 5.92 Å². The first kappa shape index (κ1) is 14.4. The molecule has 0 aliphatic carbocycles. The molecule has 0 aliphatic rings. The van der Waals surface area contributed by atoms with Gasteiger partial charge in [-0.2, -0.15) is 0 Å². The fourth-order valence-electron chi connectivity index (χ4n) is 1.54. The quantitative estimate of drug-likeness (QED) is 0.860. The first-order valence-corrected chi connectivity index (χ1v) is 6.17. The van der Waals surface area contributed by atoms with Gasteiger partial charge in [-0.05, 0) is 12.8 Å². The normalized spacial score (nSPS) is 10.6. The minimum atomic E-state index is 0.0431. The smallest absolute Gasteiger partial charge is 0.220 e. The van der Waals surface area contributed by atoms with Crippen LogP contribution in [0.3, 0.4) is 0 Å². The topological polar surface area (TPSA) is 58.1 Å². The molecule has 0 bridgehead atoms. The van der Waals surface area contributed by atoms with Gasteiger partial charge in [0, 0.05) is 32.3 Å². The summed E-state index contributed by atoms with van der Waals surface area (Å²) in [5, 5.41) is 2.84. The summed E-state index contributed by atoms with van der Waals surface area (Å²) in [6, 6.07) is 1.92. The molecule has 5 heteroatoms. The van der Waals surface area contributed by atoms with E-state index in [0.29, 0.717) is 24.7 Å². The largest absolute Gasteiger partial charge is 0.363 e. The number of nitrogens with zero attached hydrogens (tertiary/aromatic N) is 3. The van der Waals surface area contributed by atoms with E-state index in [4.69, 9.17) is 0 Å². The van der Waals surface area contributed by atoms with Crippen LogP contribution in [0.25, 0.3) is 0 Å². The van der Waals surface area contributed by atoms with E-state index in [-0.39, 0.29) is 5.91 Å². The van der Waals surface area contributed by atoms with Gasteiger partial charge in [-0.3, -0.25) is 4.79 Å². The molecule has 1 N–H and O–H groups in total. The van der Waals surface area contributed by atoms with Crippen LogP contribution >= 0.6 is 0 Å². The Hall–Kier alpha value is -1.65. The molecule has 18 heavy (non-hydrogen) atoms. The number of anilines is 1. The van der Waals surface area contributed by atoms with Crippen LogP contribution in [0.2, 0.25) is 0 Å². The van der Waals surface area contributed by atoms with Crippen molar-refractivity contribution in [3.8, 4) is 0 Å². The van der Waals surface area contributed by atoms with Gasteiger partial charge in [0.15, 0.2) is 0 Å². The first-order valence-electron chi connectivity index (χ1n) is 6.17. The molecule has 0 aliphatic heterocycles. The van der Waals surface area contributed by atoms with E-state index in [1.54, 1.807) is 0 Å². The summed E-state index contributed by atoms with van der Waals surface area (Å²) < 4.78 is 0. The van der Waals surface area contributed by atoms with Crippen LogP contribution < -0.4 is 10.2 Å². The maximum atomic E-state index is 11.6. The first-order chi connectivity index (χ1) is 8.38. The van der Waals surface area contributed by atoms with Gasteiger partial charge in [-0.1, -0.05) is 13.8 Å². The van der Waals surface area contributed by atoms with E-state index < -0.39 is 0 Å². The second kappa shape index (κ2) is 6.33. The van der Waals surface area contributed by atoms with Crippen LogP contribution in [-0.2, 0) is 11.3 Å². The van der Waals surface area contributed by atoms with Crippen LogP contribution in [0.4, 0.5) is 5.82 Å². The standard InChI is InChI=1S/C13H22N4O/c1-9(2)6-13(18)14-8-11-15-10(3)7-12(16-11)17(4)5/h7,9H,6,8H2,1-5H3,(H,14,18). The van der Waals surface area contributed by atoms with Crippen molar-refractivity contribution in [3.63, 3.8) is 0 Å². The van der Waals surface area contributed by atoms with Crippen LogP contribution in [-0.4, -0.2) is 30.0 Å². The van der Waals surface area contributed by atoms with Crippen molar-refractivity contribution in [1.82, 2.24) is 15.3 Å². The van der Waals surface area contributed by atoms with Crippen molar-refractivity contribution in [2.45, 2.75) is 33.7 Å². The molecule has 100 valence electrons. The van der Waals surface area contributed by atoms with Crippen LogP contribution in [0, 0.1) is 12.8 Å². The average Bonchev–Trinajstić information content (AvgIpc) is 2.24. The molecule has 0 spiro atoms. The lowest BCUT2D eigenvalue weighted by atomic mass is 10.1. The summed E-state index contributed by atoms with van der Waals surface area (Å²) in [5.74, 6) is 1.91. The SMILES string of the molecule is Cc1cc(N(C)C)nc(CNC(=O)CC(C)C)n1. The highest BCUT2D eigenvalue weighted by Gasteiger charge is 2.07. The summed E-state index contributed by atoms with van der Waals surface area (Å²) >= 11 is 0. The molecule has 1 rings (SSSR count). The summed E-state index contributed by atoms with van der Waals surface area (Å²) in [7, 11) is 3.87. The highest BCUT2D eigenvalue weighted by molar-refractivity contribution is 5.75. The number of rotatable bonds is 5. The van der Waals surface area contributed by atoms with Crippen LogP contribution in [0.5, 0.6) is 0 Å². The van der Waals surface area contributed by atoms with Crippen molar-refractivity contribution >= 4 is 11.7 Å². The molecular weight excluding hydrogens is 228 g/mol. The van der Waals surface area contributed by atoms with E-state index in [1.807, 2.05) is 45.8 Å². The second-order valence-corrected chi connectivity index (χ2v) is 5.05. The van der Waals surface area contributed by atoms with Gasteiger partial charge in [0.2, 0.25) is 5.91 Å². The second-order valence-electron chi connectivity index (χ2n) is 5.05. The van der Waals surface area contributed by atoms with Crippen molar-refractivity contribution in [3.05, 3.63) is 17.6 Å². The highest BCUT2D eigenvalue weighted by Crippen LogP contribution is 2.09. The molecule has 0 fully saturated rings. The molecule has 5 nitrogen and oxygen atoms in total. The number of aromatic nitrogens is 2. The summed E-state index contributed by atoms with van der Waals surface area (Å²) in [6.45, 7) is 6.35. The van der Waals surface area contributed by atoms with Crippen molar-refractivity contribution in [1.29, 1.82) is 0 Å². The number of hydrogen-bond donors (Lipinski definition) is 1. The molecule has 0 saturated carbocycles. The fourth-order valence-corrected chi connectivity index (χ4v) is 1.54. The van der Waals surface area contributed by atoms with Crippen molar-refractivity contribution < 1.29 is 4.79 Å². The van der Waals surface area contributed by atoms with Gasteiger partial charge in [0.25, 0.3) is 0 Å². The maximum absolute atomic E-state index is 11.6. The third kappa shape index (κ3) is 4.69. The maximum Gasteiger partial charge on any atom is 0.220 e. The molecule has 0 saturated heterocycles. The Morgan fingerprint density at radius 3 is 2.61 bits per heavy atom. The molecule has 0 unspecified atom stereocenters. The van der Waals surface area contributed by atoms with Gasteiger partial charge in [0.05, 0.1) is 6.54 Å². The Balaban J connectivity index is 2.64. The fraction of sp³-hybridized carbons (Fsp3) is 0.615. The molecule has 1 aromatic heterocycles. The number of nitrogens with one attached hydrogen (secondary N) is 1. The third-order valence-corrected chi connectivity index (χ3v) is 2.38. The molecule has 1 aromatic rings. The molecule has 1 amide bonds. The van der Waals surface area contributed by atoms with E-state index in [1.165, 1.54) is 0 Å². The minimum absolute atomic E-state index is 0.0431. The number of aryl methyl sites for hydroxylation is 1. The lowest BCUT2D eigenvalue weighted by Gasteiger charge is -2.13. The Morgan fingerprint density at radius 1 is 1.39 bits per heavy atom. The molecule has 0 radical (unpaired) electrons. The summed E-state index contributed by atoms with van der Waals surface area (Å²) in [5.41, 5.74) is 0.904. The summed E-state index contributed by atoms with van der Waals surface area (Å²) in [4.78, 5) is 22.2. The number of carbonyl (C=O) groups excluding carboxylic acids is 1. The Bertz CT molecular complexity index is 415. The molecule has 1 heterocycles. The zero-order chi connectivity index (χ0) is 13.7. The average molecular weight is 250 g/mol. The number of carbonyl (C=O) groups is 1.